The highest BCUT2D eigenvalue weighted by molar-refractivity contribution is 6.04. The molecule has 1 atom stereocenters. The lowest BCUT2D eigenvalue weighted by molar-refractivity contribution is -0.139. The molecule has 24 heavy (non-hydrogen) atoms. The van der Waals surface area contributed by atoms with E-state index >= 15 is 0 Å². The topological polar surface area (TPSA) is 45.5 Å². The van der Waals surface area contributed by atoms with Crippen molar-refractivity contribution in [1.29, 1.82) is 0 Å². The molecule has 1 amide bonds. The van der Waals surface area contributed by atoms with Crippen LogP contribution >= 0.6 is 0 Å². The molecule has 0 radical (unpaired) electrons. The van der Waals surface area contributed by atoms with Gasteiger partial charge < -0.3 is 14.4 Å². The van der Waals surface area contributed by atoms with Gasteiger partial charge in [0.05, 0.1) is 11.1 Å². The fraction of sp³-hybridized carbons (Fsp3) is 0.684. The van der Waals surface area contributed by atoms with Gasteiger partial charge in [-0.3, -0.25) is 9.59 Å². The molecule has 2 aliphatic rings. The number of rotatable bonds is 5. The van der Waals surface area contributed by atoms with E-state index in [1.807, 2.05) is 4.90 Å². The average molecular weight is 331 g/mol. The molecular weight excluding hydrogens is 302 g/mol. The molecule has 0 aromatic carbocycles. The summed E-state index contributed by atoms with van der Waals surface area (Å²) in [6, 6.07) is 3.30. The molecule has 3 rings (SSSR count). The maximum Gasteiger partial charge on any atom is 0.250 e. The van der Waals surface area contributed by atoms with E-state index in [0.717, 1.165) is 50.6 Å². The van der Waals surface area contributed by atoms with Crippen molar-refractivity contribution in [2.24, 2.45) is 18.4 Å². The number of piperidine rings is 1. The molecule has 2 fully saturated rings. The van der Waals surface area contributed by atoms with E-state index in [4.69, 9.17) is 0 Å². The van der Waals surface area contributed by atoms with Crippen molar-refractivity contribution < 1.29 is 4.79 Å². The van der Waals surface area contributed by atoms with Gasteiger partial charge >= 0.3 is 0 Å². The maximum absolute atomic E-state index is 12.9. The molecular formula is C19H29N3O2. The third-order valence-corrected chi connectivity index (χ3v) is 5.87. The molecule has 1 aromatic heterocycles. The van der Waals surface area contributed by atoms with Gasteiger partial charge in [-0.15, -0.1) is 0 Å². The van der Waals surface area contributed by atoms with Gasteiger partial charge in [0.2, 0.25) is 11.5 Å². The predicted octanol–water partition coefficient (Wildman–Crippen LogP) is 2.25. The van der Waals surface area contributed by atoms with Gasteiger partial charge in [0.25, 0.3) is 0 Å². The van der Waals surface area contributed by atoms with Gasteiger partial charge in [-0.1, -0.05) is 26.7 Å². The van der Waals surface area contributed by atoms with Crippen molar-refractivity contribution >= 4 is 11.6 Å². The van der Waals surface area contributed by atoms with E-state index in [1.54, 1.807) is 19.3 Å². The van der Waals surface area contributed by atoms with Crippen molar-refractivity contribution in [3.63, 3.8) is 0 Å². The Morgan fingerprint density at radius 2 is 1.92 bits per heavy atom. The van der Waals surface area contributed by atoms with E-state index in [9.17, 15) is 9.59 Å². The first kappa shape index (κ1) is 17.2. The smallest absolute Gasteiger partial charge is 0.250 e. The maximum atomic E-state index is 12.9. The number of aryl methyl sites for hydroxylation is 1. The standard InChI is InChI=1S/C19H29N3O2/c1-4-15(5-2)11-21-10-6-9-19(13-21)14-22(18(19)24)16-7-8-17(23)20(3)12-16/h7-8,12,15H,4-6,9-11,13-14H2,1-3H3/t19-/m1/s1. The van der Waals surface area contributed by atoms with E-state index < -0.39 is 0 Å². The molecule has 5 heteroatoms. The third-order valence-electron chi connectivity index (χ3n) is 5.87. The zero-order chi connectivity index (χ0) is 17.3. The fourth-order valence-electron chi connectivity index (χ4n) is 4.18. The zero-order valence-electron chi connectivity index (χ0n) is 15.1. The number of hydrogen-bond acceptors (Lipinski definition) is 3. The van der Waals surface area contributed by atoms with Gasteiger partial charge in [-0.05, 0) is 31.4 Å². The van der Waals surface area contributed by atoms with Crippen LogP contribution in [0.3, 0.4) is 0 Å². The first-order valence-corrected chi connectivity index (χ1v) is 9.20. The van der Waals surface area contributed by atoms with Crippen LogP contribution in [0.5, 0.6) is 0 Å². The number of nitrogens with zero attached hydrogens (tertiary/aromatic N) is 3. The Morgan fingerprint density at radius 3 is 2.54 bits per heavy atom. The molecule has 0 unspecified atom stereocenters. The lowest BCUT2D eigenvalue weighted by Crippen LogP contribution is -2.67. The minimum Gasteiger partial charge on any atom is -0.317 e. The first-order chi connectivity index (χ1) is 11.5. The largest absolute Gasteiger partial charge is 0.317 e. The summed E-state index contributed by atoms with van der Waals surface area (Å²) in [7, 11) is 1.73. The lowest BCUT2D eigenvalue weighted by Gasteiger charge is -2.53. The van der Waals surface area contributed by atoms with Crippen LogP contribution in [0.4, 0.5) is 5.69 Å². The zero-order valence-corrected chi connectivity index (χ0v) is 15.1. The molecule has 132 valence electrons. The number of aromatic nitrogens is 1. The first-order valence-electron chi connectivity index (χ1n) is 9.20. The summed E-state index contributed by atoms with van der Waals surface area (Å²) in [5, 5.41) is 0. The van der Waals surface area contributed by atoms with Crippen molar-refractivity contribution in [3.8, 4) is 0 Å². The summed E-state index contributed by atoms with van der Waals surface area (Å²) in [6.45, 7) is 8.41. The molecule has 2 aliphatic heterocycles. The highest BCUT2D eigenvalue weighted by Gasteiger charge is 2.54. The van der Waals surface area contributed by atoms with Gasteiger partial charge in [0.15, 0.2) is 0 Å². The number of carbonyl (C=O) groups is 1. The number of amides is 1. The normalized spacial score (nSPS) is 24.7. The minimum absolute atomic E-state index is 0.0459. The molecule has 5 nitrogen and oxygen atoms in total. The van der Waals surface area contributed by atoms with E-state index in [-0.39, 0.29) is 16.9 Å². The van der Waals surface area contributed by atoms with Crippen LogP contribution < -0.4 is 10.5 Å². The van der Waals surface area contributed by atoms with Crippen molar-refractivity contribution in [2.45, 2.75) is 39.5 Å². The van der Waals surface area contributed by atoms with Crippen LogP contribution in [0.2, 0.25) is 0 Å². The molecule has 0 aliphatic carbocycles. The summed E-state index contributed by atoms with van der Waals surface area (Å²) in [6.07, 6.45) is 6.27. The molecule has 0 bridgehead atoms. The predicted molar refractivity (Wildman–Crippen MR) is 96.2 cm³/mol. The second kappa shape index (κ2) is 6.71. The molecule has 0 saturated carbocycles. The number of carbonyl (C=O) groups excluding carboxylic acids is 1. The van der Waals surface area contributed by atoms with Crippen molar-refractivity contribution in [3.05, 3.63) is 28.7 Å². The Kier molecular flexibility index (Phi) is 4.81. The van der Waals surface area contributed by atoms with Crippen LogP contribution in [0.1, 0.15) is 39.5 Å². The summed E-state index contributed by atoms with van der Waals surface area (Å²) < 4.78 is 1.54. The van der Waals surface area contributed by atoms with Crippen molar-refractivity contribution in [1.82, 2.24) is 9.47 Å². The number of hydrogen-bond donors (Lipinski definition) is 0. The van der Waals surface area contributed by atoms with E-state index in [2.05, 4.69) is 18.7 Å². The molecule has 1 spiro atoms. The quantitative estimate of drug-likeness (QED) is 0.778. The Morgan fingerprint density at radius 1 is 1.17 bits per heavy atom. The Balaban J connectivity index is 1.68. The minimum atomic E-state index is -0.195. The fourth-order valence-corrected chi connectivity index (χ4v) is 4.18. The molecule has 3 heterocycles. The Hall–Kier alpha value is -1.62. The van der Waals surface area contributed by atoms with Crippen LogP contribution in [-0.2, 0) is 11.8 Å². The monoisotopic (exact) mass is 331 g/mol. The summed E-state index contributed by atoms with van der Waals surface area (Å²) in [5.74, 6) is 0.963. The van der Waals surface area contributed by atoms with Gasteiger partial charge in [0.1, 0.15) is 0 Å². The SMILES string of the molecule is CCC(CC)CN1CCC[C@@]2(C1)CN(c1ccc(=O)n(C)c1)C2=O. The molecule has 2 saturated heterocycles. The summed E-state index contributed by atoms with van der Waals surface area (Å²) >= 11 is 0. The average Bonchev–Trinajstić information content (AvgIpc) is 2.60. The number of β-lactam (4-membered cyclic amide) rings is 1. The highest BCUT2D eigenvalue weighted by atomic mass is 16.2. The summed E-state index contributed by atoms with van der Waals surface area (Å²) in [5.41, 5.74) is 0.596. The van der Waals surface area contributed by atoms with E-state index in [0.29, 0.717) is 0 Å². The van der Waals surface area contributed by atoms with Crippen LogP contribution in [-0.4, -0.2) is 41.6 Å². The number of pyridine rings is 1. The van der Waals surface area contributed by atoms with E-state index in [1.165, 1.54) is 23.5 Å². The summed E-state index contributed by atoms with van der Waals surface area (Å²) in [4.78, 5) is 28.8. The number of anilines is 1. The Labute approximate surface area is 144 Å². The van der Waals surface area contributed by atoms with Gasteiger partial charge in [-0.2, -0.15) is 0 Å². The lowest BCUT2D eigenvalue weighted by atomic mass is 9.72. The van der Waals surface area contributed by atoms with Gasteiger partial charge in [0, 0.05) is 38.9 Å². The highest BCUT2D eigenvalue weighted by Crippen LogP contribution is 2.42. The third kappa shape index (κ3) is 3.02. The Bertz CT molecular complexity index is 665. The van der Waals surface area contributed by atoms with Gasteiger partial charge in [-0.25, -0.2) is 0 Å². The van der Waals surface area contributed by atoms with Crippen LogP contribution in [0.15, 0.2) is 23.1 Å². The second-order valence-corrected chi connectivity index (χ2v) is 7.53. The second-order valence-electron chi connectivity index (χ2n) is 7.53. The van der Waals surface area contributed by atoms with Crippen LogP contribution in [0.25, 0.3) is 0 Å². The molecule has 0 N–H and O–H groups in total. The van der Waals surface area contributed by atoms with Crippen molar-refractivity contribution in [2.75, 3.05) is 31.1 Å². The number of likely N-dealkylation sites (tertiary alicyclic amines) is 1. The van der Waals surface area contributed by atoms with Crippen LogP contribution in [0, 0.1) is 11.3 Å². The molecule has 1 aromatic rings.